The third-order valence-corrected chi connectivity index (χ3v) is 2.41. The second-order valence-corrected chi connectivity index (χ2v) is 3.58. The van der Waals surface area contributed by atoms with Gasteiger partial charge in [0.15, 0.2) is 0 Å². The van der Waals surface area contributed by atoms with Crippen LogP contribution in [0.2, 0.25) is 0 Å². The maximum absolute atomic E-state index is 5.01. The van der Waals surface area contributed by atoms with Gasteiger partial charge >= 0.3 is 0 Å². The van der Waals surface area contributed by atoms with Crippen molar-refractivity contribution in [1.29, 1.82) is 0 Å². The van der Waals surface area contributed by atoms with Crippen molar-refractivity contribution in [3.05, 3.63) is 21.9 Å². The molecule has 0 aliphatic rings. The second-order valence-electron chi connectivity index (χ2n) is 2.33. The van der Waals surface area contributed by atoms with E-state index in [1.54, 1.807) is 18.4 Å². The van der Waals surface area contributed by atoms with E-state index in [1.165, 1.54) is 9.75 Å². The molecular weight excluding hydrogens is 158 g/mol. The van der Waals surface area contributed by atoms with Crippen molar-refractivity contribution in [1.82, 2.24) is 5.32 Å². The van der Waals surface area contributed by atoms with Crippen LogP contribution in [-0.4, -0.2) is 14.2 Å². The average Bonchev–Trinajstić information content (AvgIpc) is 2.38. The Balaban J connectivity index is 2.51. The summed E-state index contributed by atoms with van der Waals surface area (Å²) in [5, 5.41) is 3.11. The monoisotopic (exact) mass is 171 g/mol. The zero-order valence-electron chi connectivity index (χ0n) is 6.89. The molecule has 0 unspecified atom stereocenters. The molecule has 0 aromatic carbocycles. The van der Waals surface area contributed by atoms with E-state index in [2.05, 4.69) is 17.4 Å². The minimum atomic E-state index is 0.731. The fourth-order valence-corrected chi connectivity index (χ4v) is 1.91. The van der Waals surface area contributed by atoms with Gasteiger partial charge in [-0.2, -0.15) is 0 Å². The molecule has 0 aliphatic carbocycles. The summed E-state index contributed by atoms with van der Waals surface area (Å²) in [7, 11) is 3.67. The van der Waals surface area contributed by atoms with Crippen LogP contribution in [0.15, 0.2) is 12.1 Å². The van der Waals surface area contributed by atoms with E-state index in [-0.39, 0.29) is 0 Å². The lowest BCUT2D eigenvalue weighted by Crippen LogP contribution is -2.02. The SMILES string of the molecule is CNCc1ccc(COC)s1. The third-order valence-electron chi connectivity index (χ3n) is 1.35. The van der Waals surface area contributed by atoms with Crippen molar-refractivity contribution in [3.63, 3.8) is 0 Å². The smallest absolute Gasteiger partial charge is 0.0805 e. The summed E-state index contributed by atoms with van der Waals surface area (Å²) in [4.78, 5) is 2.65. The highest BCUT2D eigenvalue weighted by Crippen LogP contribution is 2.16. The predicted molar refractivity (Wildman–Crippen MR) is 47.8 cm³/mol. The highest BCUT2D eigenvalue weighted by Gasteiger charge is 1.97. The van der Waals surface area contributed by atoms with Gasteiger partial charge < -0.3 is 10.1 Å². The van der Waals surface area contributed by atoms with Gasteiger partial charge in [0.05, 0.1) is 6.61 Å². The summed E-state index contributed by atoms with van der Waals surface area (Å²) in [5.41, 5.74) is 0. The van der Waals surface area contributed by atoms with Crippen molar-refractivity contribution in [3.8, 4) is 0 Å². The van der Waals surface area contributed by atoms with E-state index in [9.17, 15) is 0 Å². The number of methoxy groups -OCH3 is 1. The van der Waals surface area contributed by atoms with E-state index >= 15 is 0 Å². The molecule has 1 aromatic rings. The highest BCUT2D eigenvalue weighted by atomic mass is 32.1. The van der Waals surface area contributed by atoms with Crippen LogP contribution in [0.4, 0.5) is 0 Å². The standard InChI is InChI=1S/C8H13NOS/c1-9-5-7-3-4-8(11-7)6-10-2/h3-4,9H,5-6H2,1-2H3. The van der Waals surface area contributed by atoms with Gasteiger partial charge in [0.2, 0.25) is 0 Å². The lowest BCUT2D eigenvalue weighted by Gasteiger charge is -1.93. The normalized spacial score (nSPS) is 10.4. The van der Waals surface area contributed by atoms with Crippen molar-refractivity contribution in [2.24, 2.45) is 0 Å². The van der Waals surface area contributed by atoms with Gasteiger partial charge in [0, 0.05) is 23.4 Å². The molecule has 0 saturated carbocycles. The quantitative estimate of drug-likeness (QED) is 0.743. The van der Waals surface area contributed by atoms with Crippen LogP contribution in [0.3, 0.4) is 0 Å². The maximum Gasteiger partial charge on any atom is 0.0805 e. The molecule has 3 heteroatoms. The first-order chi connectivity index (χ1) is 5.36. The number of ether oxygens (including phenoxy) is 1. The molecule has 11 heavy (non-hydrogen) atoms. The van der Waals surface area contributed by atoms with Crippen LogP contribution in [-0.2, 0) is 17.9 Å². The molecule has 1 heterocycles. The first-order valence-electron chi connectivity index (χ1n) is 3.58. The Hall–Kier alpha value is -0.380. The van der Waals surface area contributed by atoms with Crippen LogP contribution in [0.1, 0.15) is 9.75 Å². The minimum absolute atomic E-state index is 0.731. The molecule has 0 aliphatic heterocycles. The van der Waals surface area contributed by atoms with Crippen LogP contribution in [0, 0.1) is 0 Å². The molecule has 1 aromatic heterocycles. The second kappa shape index (κ2) is 4.49. The Morgan fingerprint density at radius 3 is 2.82 bits per heavy atom. The first-order valence-corrected chi connectivity index (χ1v) is 4.39. The molecule has 0 saturated heterocycles. The van der Waals surface area contributed by atoms with Gasteiger partial charge in [-0.05, 0) is 19.2 Å². The van der Waals surface area contributed by atoms with E-state index in [0.29, 0.717) is 0 Å². The van der Waals surface area contributed by atoms with Crippen molar-refractivity contribution >= 4 is 11.3 Å². The maximum atomic E-state index is 5.01. The van der Waals surface area contributed by atoms with Crippen molar-refractivity contribution in [2.45, 2.75) is 13.2 Å². The van der Waals surface area contributed by atoms with Gasteiger partial charge in [-0.25, -0.2) is 0 Å². The molecule has 0 atom stereocenters. The topological polar surface area (TPSA) is 21.3 Å². The summed E-state index contributed by atoms with van der Waals surface area (Å²) in [6, 6.07) is 4.25. The molecule has 0 spiro atoms. The first kappa shape index (κ1) is 8.71. The highest BCUT2D eigenvalue weighted by molar-refractivity contribution is 7.11. The minimum Gasteiger partial charge on any atom is -0.379 e. The zero-order chi connectivity index (χ0) is 8.10. The molecule has 62 valence electrons. The van der Waals surface area contributed by atoms with Gasteiger partial charge in [-0.15, -0.1) is 11.3 Å². The van der Waals surface area contributed by atoms with Crippen LogP contribution >= 0.6 is 11.3 Å². The average molecular weight is 171 g/mol. The molecular formula is C8H13NOS. The summed E-state index contributed by atoms with van der Waals surface area (Å²) in [6.07, 6.45) is 0. The largest absolute Gasteiger partial charge is 0.379 e. The van der Waals surface area contributed by atoms with Gasteiger partial charge in [-0.1, -0.05) is 0 Å². The molecule has 2 nitrogen and oxygen atoms in total. The fourth-order valence-electron chi connectivity index (χ4n) is 0.911. The van der Waals surface area contributed by atoms with Crippen LogP contribution in [0.5, 0.6) is 0 Å². The summed E-state index contributed by atoms with van der Waals surface area (Å²) in [5.74, 6) is 0. The molecule has 1 N–H and O–H groups in total. The summed E-state index contributed by atoms with van der Waals surface area (Å²) in [6.45, 7) is 1.68. The third kappa shape index (κ3) is 2.61. The number of hydrogen-bond acceptors (Lipinski definition) is 3. The van der Waals surface area contributed by atoms with Crippen LogP contribution in [0.25, 0.3) is 0 Å². The Morgan fingerprint density at radius 1 is 1.45 bits per heavy atom. The Kier molecular flexibility index (Phi) is 3.56. The molecule has 1 rings (SSSR count). The van der Waals surface area contributed by atoms with Gasteiger partial charge in [0.25, 0.3) is 0 Å². The summed E-state index contributed by atoms with van der Waals surface area (Å²) >= 11 is 1.79. The van der Waals surface area contributed by atoms with Gasteiger partial charge in [0.1, 0.15) is 0 Å². The molecule has 0 amide bonds. The number of rotatable bonds is 4. The van der Waals surface area contributed by atoms with E-state index in [1.807, 2.05) is 7.05 Å². The Labute approximate surface area is 71.2 Å². The van der Waals surface area contributed by atoms with Gasteiger partial charge in [-0.3, -0.25) is 0 Å². The summed E-state index contributed by atoms with van der Waals surface area (Å²) < 4.78 is 5.01. The van der Waals surface area contributed by atoms with E-state index in [0.717, 1.165) is 13.2 Å². The van der Waals surface area contributed by atoms with E-state index in [4.69, 9.17) is 4.74 Å². The lowest BCUT2D eigenvalue weighted by molar-refractivity contribution is 0.187. The van der Waals surface area contributed by atoms with Crippen molar-refractivity contribution < 1.29 is 4.74 Å². The fraction of sp³-hybridized carbons (Fsp3) is 0.500. The predicted octanol–water partition coefficient (Wildman–Crippen LogP) is 1.61. The van der Waals surface area contributed by atoms with E-state index < -0.39 is 0 Å². The zero-order valence-corrected chi connectivity index (χ0v) is 7.70. The number of nitrogens with one attached hydrogen (secondary N) is 1. The Bertz CT molecular complexity index is 189. The number of hydrogen-bond donors (Lipinski definition) is 1. The Morgan fingerprint density at radius 2 is 2.18 bits per heavy atom. The number of thiophene rings is 1. The van der Waals surface area contributed by atoms with Crippen molar-refractivity contribution in [2.75, 3.05) is 14.2 Å². The van der Waals surface area contributed by atoms with Crippen LogP contribution < -0.4 is 5.32 Å². The molecule has 0 radical (unpaired) electrons. The lowest BCUT2D eigenvalue weighted by atomic mass is 10.4. The molecule has 0 bridgehead atoms. The molecule has 0 fully saturated rings.